The quantitative estimate of drug-likeness (QED) is 0.635. The number of ether oxygens (including phenoxy) is 1. The maximum Gasteiger partial charge on any atom is 0.256 e. The minimum atomic E-state index is -0.661. The lowest BCUT2D eigenvalue weighted by molar-refractivity contribution is -0.124. The maximum absolute atomic E-state index is 13.5. The molecule has 0 aliphatic carbocycles. The van der Waals surface area contributed by atoms with E-state index in [1.807, 2.05) is 53.2 Å². The van der Waals surface area contributed by atoms with Crippen LogP contribution in [-0.4, -0.2) is 65.6 Å². The summed E-state index contributed by atoms with van der Waals surface area (Å²) in [5.74, 6) is -0.634. The third-order valence-corrected chi connectivity index (χ3v) is 5.86. The van der Waals surface area contributed by atoms with Gasteiger partial charge in [-0.3, -0.25) is 14.5 Å². The zero-order valence-electron chi connectivity index (χ0n) is 17.7. The zero-order valence-corrected chi connectivity index (χ0v) is 17.7. The molecule has 7 nitrogen and oxygen atoms in total. The molecule has 31 heavy (non-hydrogen) atoms. The van der Waals surface area contributed by atoms with Gasteiger partial charge in [-0.1, -0.05) is 48.5 Å². The van der Waals surface area contributed by atoms with Crippen LogP contribution in [0.3, 0.4) is 0 Å². The number of fused-ring (bicyclic) bond motifs is 1. The first-order chi connectivity index (χ1) is 15.1. The molecule has 2 amide bonds. The van der Waals surface area contributed by atoms with Crippen LogP contribution in [0.5, 0.6) is 0 Å². The van der Waals surface area contributed by atoms with E-state index in [0.29, 0.717) is 38.3 Å². The summed E-state index contributed by atoms with van der Waals surface area (Å²) in [5, 5.41) is 0.874. The molecule has 4 rings (SSSR count). The first kappa shape index (κ1) is 21.1. The van der Waals surface area contributed by atoms with Crippen molar-refractivity contribution < 1.29 is 14.3 Å². The third-order valence-electron chi connectivity index (χ3n) is 5.86. The Hall–Kier alpha value is -3.16. The lowest BCUT2D eigenvalue weighted by Crippen LogP contribution is -2.59. The number of primary amides is 1. The van der Waals surface area contributed by atoms with Gasteiger partial charge in [-0.2, -0.15) is 0 Å². The van der Waals surface area contributed by atoms with Crippen molar-refractivity contribution in [3.05, 3.63) is 71.9 Å². The van der Waals surface area contributed by atoms with Crippen molar-refractivity contribution in [1.82, 2.24) is 14.4 Å². The van der Waals surface area contributed by atoms with Crippen LogP contribution in [0.25, 0.3) is 10.9 Å². The highest BCUT2D eigenvalue weighted by Gasteiger charge is 2.35. The molecule has 0 bridgehead atoms. The number of carbonyl (C=O) groups excluding carboxylic acids is 2. The molecule has 1 aromatic heterocycles. The first-order valence-electron chi connectivity index (χ1n) is 10.5. The molecule has 0 saturated carbocycles. The summed E-state index contributed by atoms with van der Waals surface area (Å²) in [5.41, 5.74) is 8.47. The molecular formula is C24H28N4O3. The number of rotatable bonds is 7. The van der Waals surface area contributed by atoms with E-state index in [4.69, 9.17) is 10.5 Å². The average Bonchev–Trinajstić information content (AvgIpc) is 3.16. The van der Waals surface area contributed by atoms with E-state index in [9.17, 15) is 9.59 Å². The van der Waals surface area contributed by atoms with Gasteiger partial charge in [0.1, 0.15) is 6.04 Å². The molecule has 162 valence electrons. The van der Waals surface area contributed by atoms with Crippen molar-refractivity contribution in [3.63, 3.8) is 0 Å². The SMILES string of the molecule is COCCn1cc(C(=O)N2CCN(Cc3ccccc3)CC2C(N)=O)c2ccccc21. The molecule has 1 unspecified atom stereocenters. The highest BCUT2D eigenvalue weighted by molar-refractivity contribution is 6.08. The van der Waals surface area contributed by atoms with Gasteiger partial charge >= 0.3 is 0 Å². The summed E-state index contributed by atoms with van der Waals surface area (Å²) in [7, 11) is 1.66. The zero-order chi connectivity index (χ0) is 21.8. The molecular weight excluding hydrogens is 392 g/mol. The topological polar surface area (TPSA) is 80.8 Å². The van der Waals surface area contributed by atoms with E-state index in [2.05, 4.69) is 17.0 Å². The lowest BCUT2D eigenvalue weighted by Gasteiger charge is -2.39. The van der Waals surface area contributed by atoms with Gasteiger partial charge in [-0.05, 0) is 11.6 Å². The van der Waals surface area contributed by atoms with E-state index < -0.39 is 11.9 Å². The van der Waals surface area contributed by atoms with Gasteiger partial charge in [0.05, 0.1) is 12.2 Å². The van der Waals surface area contributed by atoms with E-state index in [0.717, 1.165) is 17.4 Å². The molecule has 7 heteroatoms. The van der Waals surface area contributed by atoms with Crippen molar-refractivity contribution in [2.75, 3.05) is 33.4 Å². The van der Waals surface area contributed by atoms with E-state index >= 15 is 0 Å². The minimum Gasteiger partial charge on any atom is -0.383 e. The van der Waals surface area contributed by atoms with Crippen LogP contribution < -0.4 is 5.73 Å². The number of amides is 2. The van der Waals surface area contributed by atoms with E-state index in [1.165, 1.54) is 5.56 Å². The standard InChI is InChI=1S/C24H28N4O3/c1-31-14-13-27-16-20(19-9-5-6-10-21(19)27)24(30)28-12-11-26(17-22(28)23(25)29)15-18-7-3-2-4-8-18/h2-10,16,22H,11-15,17H2,1H3,(H2,25,29). The van der Waals surface area contributed by atoms with Crippen molar-refractivity contribution in [3.8, 4) is 0 Å². The van der Waals surface area contributed by atoms with E-state index in [1.54, 1.807) is 12.0 Å². The number of piperazine rings is 1. The molecule has 1 aliphatic rings. The van der Waals surface area contributed by atoms with Crippen LogP contribution in [0.1, 0.15) is 15.9 Å². The fraction of sp³-hybridized carbons (Fsp3) is 0.333. The van der Waals surface area contributed by atoms with Crippen LogP contribution in [-0.2, 0) is 22.6 Å². The van der Waals surface area contributed by atoms with Gasteiger partial charge in [-0.15, -0.1) is 0 Å². The molecule has 0 spiro atoms. The summed E-state index contributed by atoms with van der Waals surface area (Å²) < 4.78 is 7.23. The van der Waals surface area contributed by atoms with E-state index in [-0.39, 0.29) is 5.91 Å². The number of aromatic nitrogens is 1. The van der Waals surface area contributed by atoms with Crippen LogP contribution in [0.15, 0.2) is 60.8 Å². The van der Waals surface area contributed by atoms with Crippen molar-refractivity contribution in [2.24, 2.45) is 5.73 Å². The van der Waals surface area contributed by atoms with Gasteiger partial charge < -0.3 is 19.9 Å². The maximum atomic E-state index is 13.5. The van der Waals surface area contributed by atoms with Crippen molar-refractivity contribution in [2.45, 2.75) is 19.1 Å². The van der Waals surface area contributed by atoms with Crippen LogP contribution in [0.4, 0.5) is 0 Å². The Bertz CT molecular complexity index is 1060. The Morgan fingerprint density at radius 3 is 2.55 bits per heavy atom. The molecule has 2 heterocycles. The highest BCUT2D eigenvalue weighted by atomic mass is 16.5. The van der Waals surface area contributed by atoms with Crippen molar-refractivity contribution >= 4 is 22.7 Å². The molecule has 1 atom stereocenters. The van der Waals surface area contributed by atoms with Gasteiger partial charge in [-0.25, -0.2) is 0 Å². The average molecular weight is 421 g/mol. The Kier molecular flexibility index (Phi) is 6.34. The number of methoxy groups -OCH3 is 1. The second kappa shape index (κ2) is 9.32. The Balaban J connectivity index is 1.57. The molecule has 3 aromatic rings. The van der Waals surface area contributed by atoms with Crippen molar-refractivity contribution in [1.29, 1.82) is 0 Å². The summed E-state index contributed by atoms with van der Waals surface area (Å²) in [4.78, 5) is 29.6. The lowest BCUT2D eigenvalue weighted by atomic mass is 10.1. The second-order valence-electron chi connectivity index (χ2n) is 7.88. The first-order valence-corrected chi connectivity index (χ1v) is 10.5. The Morgan fingerprint density at radius 2 is 1.81 bits per heavy atom. The van der Waals surface area contributed by atoms with Crippen LogP contribution in [0.2, 0.25) is 0 Å². The number of benzene rings is 2. The van der Waals surface area contributed by atoms with Crippen LogP contribution >= 0.6 is 0 Å². The number of hydrogen-bond acceptors (Lipinski definition) is 4. The summed E-state index contributed by atoms with van der Waals surface area (Å²) in [6.45, 7) is 3.49. The normalized spacial score (nSPS) is 17.2. The molecule has 2 aromatic carbocycles. The monoisotopic (exact) mass is 420 g/mol. The number of carbonyl (C=O) groups is 2. The Labute approximate surface area is 182 Å². The number of nitrogens with two attached hydrogens (primary N) is 1. The largest absolute Gasteiger partial charge is 0.383 e. The predicted molar refractivity (Wildman–Crippen MR) is 120 cm³/mol. The predicted octanol–water partition coefficient (Wildman–Crippen LogP) is 2.10. The summed E-state index contributed by atoms with van der Waals surface area (Å²) in [6.07, 6.45) is 1.86. The van der Waals surface area contributed by atoms with Crippen LogP contribution in [0, 0.1) is 0 Å². The number of hydrogen-bond donors (Lipinski definition) is 1. The highest BCUT2D eigenvalue weighted by Crippen LogP contribution is 2.25. The minimum absolute atomic E-state index is 0.157. The molecule has 1 aliphatic heterocycles. The smallest absolute Gasteiger partial charge is 0.256 e. The van der Waals surface area contributed by atoms with Gasteiger partial charge in [0.15, 0.2) is 0 Å². The molecule has 1 fully saturated rings. The molecule has 1 saturated heterocycles. The molecule has 0 radical (unpaired) electrons. The Morgan fingerprint density at radius 1 is 1.06 bits per heavy atom. The van der Waals surface area contributed by atoms with Gasteiger partial charge in [0, 0.05) is 56.9 Å². The number of nitrogens with zero attached hydrogens (tertiary/aromatic N) is 3. The number of para-hydroxylation sites is 1. The summed E-state index contributed by atoms with van der Waals surface area (Å²) >= 11 is 0. The fourth-order valence-corrected chi connectivity index (χ4v) is 4.26. The fourth-order valence-electron chi connectivity index (χ4n) is 4.26. The second-order valence-corrected chi connectivity index (χ2v) is 7.88. The molecule has 2 N–H and O–H groups in total. The van der Waals surface area contributed by atoms with Gasteiger partial charge in [0.2, 0.25) is 5.91 Å². The third kappa shape index (κ3) is 4.47. The van der Waals surface area contributed by atoms with Gasteiger partial charge in [0.25, 0.3) is 5.91 Å². The summed E-state index contributed by atoms with van der Waals surface area (Å²) in [6, 6.07) is 17.2.